The zero-order chi connectivity index (χ0) is 34.3. The minimum Gasteiger partial charge on any atom is -0.493 e. The van der Waals surface area contributed by atoms with Gasteiger partial charge in [0.2, 0.25) is 0 Å². The van der Waals surface area contributed by atoms with Crippen molar-refractivity contribution >= 4 is 29.0 Å². The lowest BCUT2D eigenvalue weighted by Crippen LogP contribution is -2.40. The fraction of sp³-hybridized carbons (Fsp3) is 0.225. The first-order chi connectivity index (χ1) is 23.9. The van der Waals surface area contributed by atoms with Gasteiger partial charge in [-0.2, -0.15) is 0 Å². The number of rotatable bonds is 12. The van der Waals surface area contributed by atoms with Crippen LogP contribution in [-0.4, -0.2) is 30.8 Å². The standard InChI is InChI=1S/C40H39N3O5S/c1-5-26(2)29-17-19-32(20-18-29)47-22-23-48-33-21-16-28(24-34(33)46-4)25-35-39(45)43-37(30-12-8-6-9-13-30)36(27(3)41-40(43)49-35)38(44)42-31-14-10-7-11-15-31/h6-21,24-26,37H,5,22-23H2,1-4H3,(H,42,44)/b35-25-/t26-,37-/m1/s1. The van der Waals surface area contributed by atoms with Crippen LogP contribution in [0.25, 0.3) is 6.08 Å². The molecule has 1 amide bonds. The van der Waals surface area contributed by atoms with Crippen LogP contribution in [0.5, 0.6) is 17.2 Å². The van der Waals surface area contributed by atoms with Crippen molar-refractivity contribution < 1.29 is 19.0 Å². The normalized spacial score (nSPS) is 14.9. The number of aromatic nitrogens is 1. The first-order valence-corrected chi connectivity index (χ1v) is 17.2. The Kier molecular flexibility index (Phi) is 10.4. The van der Waals surface area contributed by atoms with E-state index in [1.165, 1.54) is 16.9 Å². The molecule has 250 valence electrons. The third-order valence-corrected chi connectivity index (χ3v) is 9.55. The minimum atomic E-state index is -0.645. The molecule has 0 aliphatic carbocycles. The van der Waals surface area contributed by atoms with E-state index >= 15 is 0 Å². The van der Waals surface area contributed by atoms with Gasteiger partial charge in [-0.15, -0.1) is 0 Å². The summed E-state index contributed by atoms with van der Waals surface area (Å²) >= 11 is 1.29. The molecule has 0 saturated carbocycles. The summed E-state index contributed by atoms with van der Waals surface area (Å²) in [6.45, 7) is 6.92. The molecular weight excluding hydrogens is 635 g/mol. The quantitative estimate of drug-likeness (QED) is 0.146. The number of benzene rings is 4. The van der Waals surface area contributed by atoms with Gasteiger partial charge in [-0.25, -0.2) is 4.99 Å². The molecule has 0 saturated heterocycles. The Bertz CT molecular complexity index is 2140. The van der Waals surface area contributed by atoms with Gasteiger partial charge in [0.1, 0.15) is 19.0 Å². The van der Waals surface area contributed by atoms with Gasteiger partial charge >= 0.3 is 0 Å². The maximum absolute atomic E-state index is 14.1. The van der Waals surface area contributed by atoms with E-state index in [1.807, 2.05) is 104 Å². The largest absolute Gasteiger partial charge is 0.493 e. The highest BCUT2D eigenvalue weighted by Crippen LogP contribution is 2.31. The predicted molar refractivity (Wildman–Crippen MR) is 194 cm³/mol. The first kappa shape index (κ1) is 33.5. The summed E-state index contributed by atoms with van der Waals surface area (Å²) in [5.41, 5.74) is 4.29. The number of amides is 1. The van der Waals surface area contributed by atoms with E-state index in [0.29, 0.717) is 56.9 Å². The summed E-state index contributed by atoms with van der Waals surface area (Å²) in [4.78, 5) is 33.1. The number of hydrogen-bond donors (Lipinski definition) is 1. The molecule has 6 rings (SSSR count). The Balaban J connectivity index is 1.23. The van der Waals surface area contributed by atoms with Gasteiger partial charge in [0.15, 0.2) is 16.3 Å². The Morgan fingerprint density at radius 2 is 1.63 bits per heavy atom. The van der Waals surface area contributed by atoms with Crippen molar-refractivity contribution in [1.82, 2.24) is 4.57 Å². The van der Waals surface area contributed by atoms with Crippen molar-refractivity contribution in [3.05, 3.63) is 151 Å². The molecule has 2 heterocycles. The number of allylic oxidation sites excluding steroid dienone is 1. The van der Waals surface area contributed by atoms with Crippen LogP contribution in [-0.2, 0) is 4.79 Å². The number of methoxy groups -OCH3 is 1. The third-order valence-electron chi connectivity index (χ3n) is 8.57. The third kappa shape index (κ3) is 7.52. The lowest BCUT2D eigenvalue weighted by Gasteiger charge is -2.25. The minimum absolute atomic E-state index is 0.233. The summed E-state index contributed by atoms with van der Waals surface area (Å²) < 4.78 is 19.6. The van der Waals surface area contributed by atoms with E-state index in [2.05, 4.69) is 31.3 Å². The first-order valence-electron chi connectivity index (χ1n) is 16.3. The Hall–Kier alpha value is -5.41. The van der Waals surface area contributed by atoms with E-state index in [0.717, 1.165) is 23.3 Å². The second-order valence-corrected chi connectivity index (χ2v) is 12.8. The van der Waals surface area contributed by atoms with Crippen LogP contribution in [0.2, 0.25) is 0 Å². The molecular formula is C40H39N3O5S. The van der Waals surface area contributed by atoms with Crippen LogP contribution in [0.3, 0.4) is 0 Å². The average Bonchev–Trinajstić information content (AvgIpc) is 3.43. The topological polar surface area (TPSA) is 91.2 Å². The molecule has 0 bridgehead atoms. The highest BCUT2D eigenvalue weighted by atomic mass is 32.1. The lowest BCUT2D eigenvalue weighted by molar-refractivity contribution is -0.113. The van der Waals surface area contributed by atoms with Gasteiger partial charge in [-0.3, -0.25) is 14.2 Å². The summed E-state index contributed by atoms with van der Waals surface area (Å²) in [5.74, 6) is 2.12. The van der Waals surface area contributed by atoms with E-state index in [4.69, 9.17) is 19.2 Å². The zero-order valence-electron chi connectivity index (χ0n) is 28.0. The van der Waals surface area contributed by atoms with Gasteiger partial charge in [0, 0.05) is 5.69 Å². The zero-order valence-corrected chi connectivity index (χ0v) is 28.8. The van der Waals surface area contributed by atoms with Crippen molar-refractivity contribution in [3.8, 4) is 17.2 Å². The number of carbonyl (C=O) groups excluding carboxylic acids is 1. The van der Waals surface area contributed by atoms with Crippen LogP contribution in [0.1, 0.15) is 55.8 Å². The van der Waals surface area contributed by atoms with Crippen molar-refractivity contribution in [1.29, 1.82) is 0 Å². The number of nitrogens with zero attached hydrogens (tertiary/aromatic N) is 2. The molecule has 5 aromatic rings. The molecule has 8 nitrogen and oxygen atoms in total. The molecule has 1 N–H and O–H groups in total. The average molecular weight is 674 g/mol. The van der Waals surface area contributed by atoms with E-state index in [-0.39, 0.29) is 11.5 Å². The van der Waals surface area contributed by atoms with Crippen molar-refractivity contribution in [3.63, 3.8) is 0 Å². The molecule has 1 aromatic heterocycles. The van der Waals surface area contributed by atoms with Gasteiger partial charge in [0.25, 0.3) is 11.5 Å². The van der Waals surface area contributed by atoms with Gasteiger partial charge in [-0.1, -0.05) is 91.9 Å². The Morgan fingerprint density at radius 3 is 2.33 bits per heavy atom. The number of hydrogen-bond acceptors (Lipinski definition) is 7. The van der Waals surface area contributed by atoms with E-state index in [1.54, 1.807) is 11.7 Å². The number of ether oxygens (including phenoxy) is 3. The highest BCUT2D eigenvalue weighted by molar-refractivity contribution is 7.07. The van der Waals surface area contributed by atoms with Crippen molar-refractivity contribution in [2.75, 3.05) is 25.6 Å². The maximum atomic E-state index is 14.1. The Labute approximate surface area is 289 Å². The van der Waals surface area contributed by atoms with Crippen LogP contribution in [0, 0.1) is 0 Å². The Morgan fingerprint density at radius 1 is 0.939 bits per heavy atom. The predicted octanol–water partition coefficient (Wildman–Crippen LogP) is 6.85. The molecule has 0 spiro atoms. The SMILES string of the molecule is CC[C@@H](C)c1ccc(OCCOc2ccc(/C=c3\sc4n(c3=O)[C@H](c3ccccc3)C(C(=O)Nc3ccccc3)=C(C)N=4)cc2OC)cc1. The van der Waals surface area contributed by atoms with Gasteiger partial charge in [0.05, 0.1) is 29.0 Å². The molecule has 1 aliphatic heterocycles. The molecule has 4 aromatic carbocycles. The lowest BCUT2D eigenvalue weighted by atomic mass is 9.95. The van der Waals surface area contributed by atoms with E-state index < -0.39 is 6.04 Å². The smallest absolute Gasteiger partial charge is 0.271 e. The number of thiazole rings is 1. The second kappa shape index (κ2) is 15.2. The number of nitrogens with one attached hydrogen (secondary N) is 1. The molecule has 49 heavy (non-hydrogen) atoms. The number of fused-ring (bicyclic) bond motifs is 1. The summed E-state index contributed by atoms with van der Waals surface area (Å²) in [6, 6.07) is 31.9. The molecule has 2 atom stereocenters. The van der Waals surface area contributed by atoms with Crippen molar-refractivity contribution in [2.24, 2.45) is 4.99 Å². The van der Waals surface area contributed by atoms with E-state index in [9.17, 15) is 9.59 Å². The molecule has 0 unspecified atom stereocenters. The second-order valence-electron chi connectivity index (χ2n) is 11.8. The maximum Gasteiger partial charge on any atom is 0.271 e. The fourth-order valence-electron chi connectivity index (χ4n) is 5.77. The van der Waals surface area contributed by atoms with Gasteiger partial charge in [-0.05, 0) is 78.4 Å². The van der Waals surface area contributed by atoms with Crippen molar-refractivity contribution in [2.45, 2.75) is 39.2 Å². The highest BCUT2D eigenvalue weighted by Gasteiger charge is 2.32. The monoisotopic (exact) mass is 673 g/mol. The molecule has 0 fully saturated rings. The fourth-order valence-corrected chi connectivity index (χ4v) is 6.81. The summed E-state index contributed by atoms with van der Waals surface area (Å²) in [5, 5.41) is 2.98. The number of anilines is 1. The number of carbonyl (C=O) groups is 1. The summed E-state index contributed by atoms with van der Waals surface area (Å²) in [6.07, 6.45) is 2.91. The van der Waals surface area contributed by atoms with Crippen LogP contribution >= 0.6 is 11.3 Å². The number of para-hydroxylation sites is 1. The van der Waals surface area contributed by atoms with Crippen LogP contribution in [0.15, 0.2) is 124 Å². The molecule has 0 radical (unpaired) electrons. The van der Waals surface area contributed by atoms with Crippen LogP contribution < -0.4 is 34.4 Å². The molecule has 9 heteroatoms. The summed E-state index contributed by atoms with van der Waals surface area (Å²) in [7, 11) is 1.58. The van der Waals surface area contributed by atoms with Gasteiger partial charge < -0.3 is 19.5 Å². The van der Waals surface area contributed by atoms with Crippen LogP contribution in [0.4, 0.5) is 5.69 Å². The molecule has 1 aliphatic rings.